The van der Waals surface area contributed by atoms with Crippen LogP contribution in [0.2, 0.25) is 5.02 Å². The van der Waals surface area contributed by atoms with Gasteiger partial charge in [0.25, 0.3) is 0 Å². The number of thiazole rings is 2. The molecule has 0 unspecified atom stereocenters. The number of benzene rings is 1. The second-order valence-corrected chi connectivity index (χ2v) is 9.55. The van der Waals surface area contributed by atoms with Gasteiger partial charge in [0.1, 0.15) is 0 Å². The summed E-state index contributed by atoms with van der Waals surface area (Å²) in [7, 11) is 0. The first kappa shape index (κ1) is 18.9. The average molecular weight is 443 g/mol. The molecule has 1 aromatic carbocycles. The third-order valence-corrected chi connectivity index (χ3v) is 7.55. The Balaban J connectivity index is 1.29. The van der Waals surface area contributed by atoms with Crippen LogP contribution >= 0.6 is 34.3 Å². The fourth-order valence-corrected chi connectivity index (χ4v) is 5.82. The molecule has 0 aliphatic carbocycles. The highest BCUT2D eigenvalue weighted by atomic mass is 35.5. The Morgan fingerprint density at radius 2 is 2.03 bits per heavy atom. The summed E-state index contributed by atoms with van der Waals surface area (Å²) in [5.41, 5.74) is 2.73. The van der Waals surface area contributed by atoms with Crippen LogP contribution in [0.1, 0.15) is 23.8 Å². The van der Waals surface area contributed by atoms with E-state index in [0.29, 0.717) is 12.6 Å². The van der Waals surface area contributed by atoms with Crippen molar-refractivity contribution in [2.24, 2.45) is 0 Å². The van der Waals surface area contributed by atoms with Gasteiger partial charge < -0.3 is 0 Å². The Kier molecular flexibility index (Phi) is 5.22. The van der Waals surface area contributed by atoms with Crippen LogP contribution in [0, 0.1) is 0 Å². The Morgan fingerprint density at radius 1 is 1.17 bits per heavy atom. The SMILES string of the molecule is O=c1scc(-c2ccccn2)n1CN1CCC(c2nc3cc(Cl)ccc3s2)CC1. The number of likely N-dealkylation sites (tertiary alicyclic amines) is 1. The van der Waals surface area contributed by atoms with Gasteiger partial charge in [-0.3, -0.25) is 19.2 Å². The predicted octanol–water partition coefficient (Wildman–Crippen LogP) is 5.07. The van der Waals surface area contributed by atoms with Gasteiger partial charge >= 0.3 is 4.87 Å². The minimum absolute atomic E-state index is 0.0656. The lowest BCUT2D eigenvalue weighted by Crippen LogP contribution is -2.36. The Labute approximate surface area is 181 Å². The fourth-order valence-electron chi connectivity index (χ4n) is 3.79. The summed E-state index contributed by atoms with van der Waals surface area (Å²) in [6, 6.07) is 11.7. The molecule has 1 aliphatic rings. The molecule has 0 atom stereocenters. The zero-order valence-corrected chi connectivity index (χ0v) is 18.0. The van der Waals surface area contributed by atoms with Gasteiger partial charge in [-0.2, -0.15) is 0 Å². The van der Waals surface area contributed by atoms with E-state index in [0.717, 1.165) is 47.9 Å². The quantitative estimate of drug-likeness (QED) is 0.442. The van der Waals surface area contributed by atoms with Crippen LogP contribution < -0.4 is 4.87 Å². The maximum Gasteiger partial charge on any atom is 0.308 e. The van der Waals surface area contributed by atoms with E-state index >= 15 is 0 Å². The number of pyridine rings is 1. The van der Waals surface area contributed by atoms with Gasteiger partial charge in [0.2, 0.25) is 0 Å². The molecular formula is C21H19ClN4OS2. The summed E-state index contributed by atoms with van der Waals surface area (Å²) in [5.74, 6) is 0.469. The minimum atomic E-state index is 0.0656. The topological polar surface area (TPSA) is 51.0 Å². The zero-order valence-electron chi connectivity index (χ0n) is 15.6. The largest absolute Gasteiger partial charge is 0.308 e. The molecule has 8 heteroatoms. The molecule has 4 aromatic rings. The van der Waals surface area contributed by atoms with Gasteiger partial charge in [0, 0.05) is 35.6 Å². The summed E-state index contributed by atoms with van der Waals surface area (Å²) < 4.78 is 3.03. The molecule has 0 spiro atoms. The van der Waals surface area contributed by atoms with Gasteiger partial charge in [0.05, 0.1) is 33.3 Å². The van der Waals surface area contributed by atoms with E-state index in [1.165, 1.54) is 21.0 Å². The maximum absolute atomic E-state index is 12.4. The highest BCUT2D eigenvalue weighted by Crippen LogP contribution is 2.35. The summed E-state index contributed by atoms with van der Waals surface area (Å²) in [5, 5.41) is 3.84. The van der Waals surface area contributed by atoms with Crippen molar-refractivity contribution in [3.8, 4) is 11.4 Å². The monoisotopic (exact) mass is 442 g/mol. The summed E-state index contributed by atoms with van der Waals surface area (Å²) >= 11 is 9.10. The zero-order chi connectivity index (χ0) is 19.8. The molecule has 0 saturated carbocycles. The lowest BCUT2D eigenvalue weighted by molar-refractivity contribution is 0.169. The van der Waals surface area contributed by atoms with Crippen molar-refractivity contribution in [1.29, 1.82) is 0 Å². The number of halogens is 1. The van der Waals surface area contributed by atoms with E-state index in [1.54, 1.807) is 17.5 Å². The van der Waals surface area contributed by atoms with E-state index in [-0.39, 0.29) is 4.87 Å². The summed E-state index contributed by atoms with van der Waals surface area (Å²) in [4.78, 5) is 24.0. The molecule has 1 fully saturated rings. The second kappa shape index (κ2) is 7.99. The van der Waals surface area contributed by atoms with E-state index in [9.17, 15) is 4.79 Å². The molecule has 3 aromatic heterocycles. The van der Waals surface area contributed by atoms with Gasteiger partial charge in [-0.25, -0.2) is 4.98 Å². The molecule has 29 heavy (non-hydrogen) atoms. The van der Waals surface area contributed by atoms with Gasteiger partial charge in [-0.1, -0.05) is 29.0 Å². The van der Waals surface area contributed by atoms with E-state index in [4.69, 9.17) is 16.6 Å². The third kappa shape index (κ3) is 3.88. The Hall–Kier alpha value is -2.06. The first-order valence-electron chi connectivity index (χ1n) is 9.55. The van der Waals surface area contributed by atoms with Crippen molar-refractivity contribution in [2.45, 2.75) is 25.4 Å². The predicted molar refractivity (Wildman–Crippen MR) is 120 cm³/mol. The first-order chi connectivity index (χ1) is 14.2. The highest BCUT2D eigenvalue weighted by molar-refractivity contribution is 7.18. The number of hydrogen-bond acceptors (Lipinski definition) is 6. The van der Waals surface area contributed by atoms with Crippen molar-refractivity contribution in [2.75, 3.05) is 13.1 Å². The lowest BCUT2D eigenvalue weighted by Gasteiger charge is -2.31. The second-order valence-electron chi connectivity index (χ2n) is 7.23. The molecule has 0 amide bonds. The van der Waals surface area contributed by atoms with Crippen molar-refractivity contribution in [3.05, 3.63) is 67.7 Å². The highest BCUT2D eigenvalue weighted by Gasteiger charge is 2.24. The molecule has 148 valence electrons. The van der Waals surface area contributed by atoms with Crippen molar-refractivity contribution < 1.29 is 0 Å². The van der Waals surface area contributed by atoms with Crippen LogP contribution in [0.3, 0.4) is 0 Å². The number of nitrogens with zero attached hydrogens (tertiary/aromatic N) is 4. The summed E-state index contributed by atoms with van der Waals surface area (Å²) in [6.45, 7) is 2.51. The molecule has 4 heterocycles. The molecule has 5 rings (SSSR count). The van der Waals surface area contributed by atoms with Crippen molar-refractivity contribution in [1.82, 2.24) is 19.4 Å². The number of rotatable bonds is 4. The van der Waals surface area contributed by atoms with E-state index < -0.39 is 0 Å². The van der Waals surface area contributed by atoms with Crippen LogP contribution in [-0.2, 0) is 6.67 Å². The first-order valence-corrected chi connectivity index (χ1v) is 11.6. The van der Waals surface area contributed by atoms with E-state index in [2.05, 4.69) is 16.0 Å². The number of fused-ring (bicyclic) bond motifs is 1. The van der Waals surface area contributed by atoms with Gasteiger partial charge in [0.15, 0.2) is 0 Å². The molecular weight excluding hydrogens is 424 g/mol. The normalized spacial score (nSPS) is 15.9. The summed E-state index contributed by atoms with van der Waals surface area (Å²) in [6.07, 6.45) is 3.86. The lowest BCUT2D eigenvalue weighted by atomic mass is 9.98. The Bertz CT molecular complexity index is 1190. The molecule has 1 aliphatic heterocycles. The van der Waals surface area contributed by atoms with E-state index in [1.807, 2.05) is 40.3 Å². The number of hydrogen-bond donors (Lipinski definition) is 0. The van der Waals surface area contributed by atoms with Gasteiger partial charge in [-0.05, 0) is 43.2 Å². The molecule has 1 saturated heterocycles. The number of piperidine rings is 1. The van der Waals surface area contributed by atoms with Crippen molar-refractivity contribution >= 4 is 44.5 Å². The molecule has 0 N–H and O–H groups in total. The molecule has 0 bridgehead atoms. The van der Waals surface area contributed by atoms with Crippen LogP contribution in [-0.4, -0.2) is 32.5 Å². The van der Waals surface area contributed by atoms with Crippen molar-refractivity contribution in [3.63, 3.8) is 0 Å². The van der Waals surface area contributed by atoms with Crippen LogP contribution in [0.5, 0.6) is 0 Å². The minimum Gasteiger partial charge on any atom is -0.286 e. The standard InChI is InChI=1S/C21H19ClN4OS2/c22-15-4-5-19-17(11-15)24-20(29-19)14-6-9-25(10-7-14)13-26-18(12-28-21(26)27)16-3-1-2-8-23-16/h1-5,8,11-12,14H,6-7,9-10,13H2. The van der Waals surface area contributed by atoms with Gasteiger partial charge in [-0.15, -0.1) is 11.3 Å². The Morgan fingerprint density at radius 3 is 2.83 bits per heavy atom. The fraction of sp³-hybridized carbons (Fsp3) is 0.286. The van der Waals surface area contributed by atoms with Crippen LogP contribution in [0.25, 0.3) is 21.6 Å². The third-order valence-electron chi connectivity index (χ3n) is 5.35. The average Bonchev–Trinajstić information content (AvgIpc) is 3.33. The molecule has 5 nitrogen and oxygen atoms in total. The van der Waals surface area contributed by atoms with Crippen LogP contribution in [0.15, 0.2) is 52.8 Å². The smallest absolute Gasteiger partial charge is 0.286 e. The number of aromatic nitrogens is 3. The molecule has 0 radical (unpaired) electrons. The maximum atomic E-state index is 12.4. The van der Waals surface area contributed by atoms with Crippen LogP contribution in [0.4, 0.5) is 0 Å².